The van der Waals surface area contributed by atoms with E-state index in [9.17, 15) is 9.50 Å². The molecule has 134 valence electrons. The van der Waals surface area contributed by atoms with Gasteiger partial charge in [-0.15, -0.1) is 10.2 Å². The molecule has 0 spiro atoms. The maximum absolute atomic E-state index is 13.0. The highest BCUT2D eigenvalue weighted by atomic mass is 35.5. The Morgan fingerprint density at radius 1 is 1.15 bits per heavy atom. The second-order valence-corrected chi connectivity index (χ2v) is 5.53. The molecule has 3 N–H and O–H groups in total. The van der Waals surface area contributed by atoms with Gasteiger partial charge in [-0.3, -0.25) is 4.84 Å². The number of fused-ring (bicyclic) bond motifs is 1. The summed E-state index contributed by atoms with van der Waals surface area (Å²) < 4.78 is 18.6. The van der Waals surface area contributed by atoms with Crippen molar-refractivity contribution in [2.24, 2.45) is 0 Å². The number of phenols is 1. The number of imidazole rings is 1. The summed E-state index contributed by atoms with van der Waals surface area (Å²) in [5.41, 5.74) is 2.13. The van der Waals surface area contributed by atoms with Gasteiger partial charge < -0.3 is 14.5 Å². The number of hydrogen-bond acceptors (Lipinski definition) is 6. The molecule has 0 unspecified atom stereocenters. The van der Waals surface area contributed by atoms with Crippen molar-refractivity contribution in [1.82, 2.24) is 20.2 Å². The van der Waals surface area contributed by atoms with Crippen LogP contribution in [0.5, 0.6) is 5.75 Å². The molecule has 0 aliphatic heterocycles. The van der Waals surface area contributed by atoms with Crippen LogP contribution in [0.3, 0.4) is 0 Å². The van der Waals surface area contributed by atoms with E-state index in [1.54, 1.807) is 24.3 Å². The van der Waals surface area contributed by atoms with Crippen LogP contribution in [0.25, 0.3) is 22.5 Å². The van der Waals surface area contributed by atoms with E-state index in [0.29, 0.717) is 34.9 Å². The highest BCUT2D eigenvalue weighted by Crippen LogP contribution is 2.34. The van der Waals surface area contributed by atoms with Crippen molar-refractivity contribution < 1.29 is 13.9 Å². The molecule has 0 radical (unpaired) electrons. The molecule has 7 nitrogen and oxygen atoms in total. The number of aromatic hydroxyl groups is 1. The van der Waals surface area contributed by atoms with Crippen molar-refractivity contribution >= 4 is 28.8 Å². The third-order valence-electron chi connectivity index (χ3n) is 3.68. The SMILES string of the molecule is C.Oc1c(-c2nnc(Cc3ccc(F)cc3)o2)ccc2[nH]c(NCl)nc12. The lowest BCUT2D eigenvalue weighted by atomic mass is 10.1. The first-order chi connectivity index (χ1) is 12.1. The fourth-order valence-corrected chi connectivity index (χ4v) is 2.58. The van der Waals surface area contributed by atoms with Crippen LogP contribution in [0.4, 0.5) is 10.3 Å². The number of nitrogens with zero attached hydrogens (tertiary/aromatic N) is 3. The summed E-state index contributed by atoms with van der Waals surface area (Å²) in [5.74, 6) is 0.430. The van der Waals surface area contributed by atoms with Crippen LogP contribution in [-0.2, 0) is 6.42 Å². The quantitative estimate of drug-likeness (QED) is 0.461. The van der Waals surface area contributed by atoms with Crippen LogP contribution in [0, 0.1) is 5.82 Å². The van der Waals surface area contributed by atoms with Gasteiger partial charge >= 0.3 is 0 Å². The number of aromatic nitrogens is 4. The highest BCUT2D eigenvalue weighted by molar-refractivity contribution is 6.23. The number of rotatable bonds is 4. The van der Waals surface area contributed by atoms with Crippen molar-refractivity contribution in [3.63, 3.8) is 0 Å². The predicted octanol–water partition coefficient (Wildman–Crippen LogP) is 4.25. The van der Waals surface area contributed by atoms with E-state index < -0.39 is 0 Å². The third-order valence-corrected chi connectivity index (χ3v) is 3.86. The number of nitrogens with one attached hydrogen (secondary N) is 2. The average Bonchev–Trinajstić information content (AvgIpc) is 3.24. The molecular formula is C17H15ClFN5O2. The largest absolute Gasteiger partial charge is 0.505 e. The first-order valence-electron chi connectivity index (χ1n) is 7.29. The van der Waals surface area contributed by atoms with E-state index in [-0.39, 0.29) is 24.9 Å². The third kappa shape index (κ3) is 3.18. The highest BCUT2D eigenvalue weighted by Gasteiger charge is 2.17. The minimum absolute atomic E-state index is 0. The van der Waals surface area contributed by atoms with E-state index in [4.69, 9.17) is 16.2 Å². The van der Waals surface area contributed by atoms with E-state index in [0.717, 1.165) is 5.56 Å². The van der Waals surface area contributed by atoms with Crippen molar-refractivity contribution in [3.8, 4) is 17.2 Å². The minimum atomic E-state index is -0.307. The number of H-pyrrole nitrogens is 1. The zero-order valence-corrected chi connectivity index (χ0v) is 13.4. The molecule has 0 bridgehead atoms. The molecule has 2 heterocycles. The molecule has 0 atom stereocenters. The monoisotopic (exact) mass is 375 g/mol. The van der Waals surface area contributed by atoms with Crippen LogP contribution >= 0.6 is 11.8 Å². The standard InChI is InChI=1S/C16H11ClFN5O2.CH4/c17-21-16-19-11-6-5-10(14(24)13(11)20-16)15-23-22-12(25-15)7-8-1-3-9(18)4-2-8;/h1-6,24H,7H2,(H2,19,20,21);1H4. The lowest BCUT2D eigenvalue weighted by Crippen LogP contribution is -1.88. The average molecular weight is 376 g/mol. The van der Waals surface area contributed by atoms with Gasteiger partial charge in [0.15, 0.2) is 5.75 Å². The molecule has 0 aliphatic rings. The lowest BCUT2D eigenvalue weighted by Gasteiger charge is -2.00. The molecule has 2 aromatic carbocycles. The number of halogens is 2. The summed E-state index contributed by atoms with van der Waals surface area (Å²) in [5, 5.41) is 18.4. The minimum Gasteiger partial charge on any atom is -0.505 e. The van der Waals surface area contributed by atoms with Gasteiger partial charge in [-0.25, -0.2) is 9.37 Å². The van der Waals surface area contributed by atoms with Crippen molar-refractivity contribution in [2.45, 2.75) is 13.8 Å². The number of benzene rings is 2. The van der Waals surface area contributed by atoms with E-state index in [1.165, 1.54) is 12.1 Å². The maximum Gasteiger partial charge on any atom is 0.251 e. The number of hydrogen-bond donors (Lipinski definition) is 3. The van der Waals surface area contributed by atoms with E-state index in [1.807, 2.05) is 0 Å². The van der Waals surface area contributed by atoms with Gasteiger partial charge in [-0.05, 0) is 29.8 Å². The van der Waals surface area contributed by atoms with Gasteiger partial charge in [0.05, 0.1) is 17.5 Å². The normalized spacial score (nSPS) is 10.7. The second-order valence-electron chi connectivity index (χ2n) is 5.34. The summed E-state index contributed by atoms with van der Waals surface area (Å²) in [6.07, 6.45) is 0.360. The van der Waals surface area contributed by atoms with Gasteiger partial charge in [-0.1, -0.05) is 19.6 Å². The fourth-order valence-electron chi connectivity index (χ4n) is 2.49. The first kappa shape index (κ1) is 17.7. The topological polar surface area (TPSA) is 99.9 Å². The molecule has 0 amide bonds. The Morgan fingerprint density at radius 3 is 2.65 bits per heavy atom. The van der Waals surface area contributed by atoms with Crippen molar-refractivity contribution in [1.29, 1.82) is 0 Å². The molecule has 9 heteroatoms. The van der Waals surface area contributed by atoms with Crippen molar-refractivity contribution in [3.05, 3.63) is 53.7 Å². The Kier molecular flexibility index (Phi) is 4.77. The van der Waals surface area contributed by atoms with Gasteiger partial charge in [0.1, 0.15) is 11.3 Å². The van der Waals surface area contributed by atoms with Crippen molar-refractivity contribution in [2.75, 3.05) is 4.84 Å². The van der Waals surface area contributed by atoms with Crippen LogP contribution in [0.15, 0.2) is 40.8 Å². The van der Waals surface area contributed by atoms with E-state index in [2.05, 4.69) is 25.0 Å². The van der Waals surface area contributed by atoms with E-state index >= 15 is 0 Å². The molecule has 0 aliphatic carbocycles. The molecule has 2 aromatic heterocycles. The van der Waals surface area contributed by atoms with Crippen LogP contribution in [-0.4, -0.2) is 25.3 Å². The van der Waals surface area contributed by atoms with Gasteiger partial charge in [-0.2, -0.15) is 0 Å². The lowest BCUT2D eigenvalue weighted by molar-refractivity contribution is 0.474. The molecule has 0 fully saturated rings. The number of anilines is 1. The zero-order valence-electron chi connectivity index (χ0n) is 12.6. The molecule has 4 rings (SSSR count). The Balaban J connectivity index is 0.00000196. The number of phenolic OH excluding ortho intramolecular Hbond substituents is 1. The second kappa shape index (κ2) is 7.01. The zero-order chi connectivity index (χ0) is 17.4. The molecular weight excluding hydrogens is 361 g/mol. The molecule has 26 heavy (non-hydrogen) atoms. The fraction of sp³-hybridized carbons (Fsp3) is 0.118. The van der Waals surface area contributed by atoms with Crippen LogP contribution < -0.4 is 4.84 Å². The Morgan fingerprint density at radius 2 is 1.92 bits per heavy atom. The maximum atomic E-state index is 13.0. The summed E-state index contributed by atoms with van der Waals surface area (Å²) >= 11 is 5.51. The van der Waals surface area contributed by atoms with Crippen LogP contribution in [0.2, 0.25) is 0 Å². The van der Waals surface area contributed by atoms with Crippen LogP contribution in [0.1, 0.15) is 18.9 Å². The summed E-state index contributed by atoms with van der Waals surface area (Å²) in [4.78, 5) is 9.38. The predicted molar refractivity (Wildman–Crippen MR) is 96.5 cm³/mol. The Labute approximate surface area is 153 Å². The van der Waals surface area contributed by atoms with Gasteiger partial charge in [0.25, 0.3) is 5.89 Å². The number of aromatic amines is 1. The smallest absolute Gasteiger partial charge is 0.251 e. The summed E-state index contributed by atoms with van der Waals surface area (Å²) in [7, 11) is 0. The summed E-state index contributed by atoms with van der Waals surface area (Å²) in [6, 6.07) is 9.39. The molecule has 0 saturated heterocycles. The molecule has 4 aromatic rings. The van der Waals surface area contributed by atoms with Gasteiger partial charge in [0, 0.05) is 11.8 Å². The van der Waals surface area contributed by atoms with Gasteiger partial charge in [0.2, 0.25) is 11.8 Å². The Bertz CT molecular complexity index is 1050. The Hall–Kier alpha value is -3.13. The molecule has 0 saturated carbocycles. The summed E-state index contributed by atoms with van der Waals surface area (Å²) in [6.45, 7) is 0. The first-order valence-corrected chi connectivity index (χ1v) is 7.67.